The number of benzene rings is 1. The van der Waals surface area contributed by atoms with Crippen molar-refractivity contribution in [1.82, 2.24) is 0 Å². The smallest absolute Gasteiger partial charge is 0.339 e. The number of unbranched alkanes of at least 4 members (excludes halogenated alkanes) is 3. The van der Waals surface area contributed by atoms with Crippen molar-refractivity contribution in [2.45, 2.75) is 58.8 Å². The minimum atomic E-state index is -0.477. The first-order valence-corrected chi connectivity index (χ1v) is 10.1. The average molecular weight is 379 g/mol. The predicted octanol–water partition coefficient (Wildman–Crippen LogP) is 5.03. The van der Waals surface area contributed by atoms with Gasteiger partial charge in [0, 0.05) is 13.7 Å². The van der Waals surface area contributed by atoms with Gasteiger partial charge in [-0.2, -0.15) is 0 Å². The molecule has 5 nitrogen and oxygen atoms in total. The highest BCUT2D eigenvalue weighted by Crippen LogP contribution is 2.17. The van der Waals surface area contributed by atoms with Crippen LogP contribution in [0.25, 0.3) is 0 Å². The Morgan fingerprint density at radius 3 is 2.07 bits per heavy atom. The van der Waals surface area contributed by atoms with Crippen molar-refractivity contribution in [3.8, 4) is 0 Å². The molecule has 0 aromatic heterocycles. The third-order valence-electron chi connectivity index (χ3n) is 4.49. The van der Waals surface area contributed by atoms with Crippen molar-refractivity contribution in [3.05, 3.63) is 35.4 Å². The lowest BCUT2D eigenvalue weighted by molar-refractivity contribution is 0.0382. The Labute approximate surface area is 163 Å². The van der Waals surface area contributed by atoms with Crippen LogP contribution in [0.4, 0.5) is 0 Å². The monoisotopic (exact) mass is 378 g/mol. The van der Waals surface area contributed by atoms with Gasteiger partial charge in [0.25, 0.3) is 0 Å². The average Bonchev–Trinajstić information content (AvgIpc) is 2.70. The summed E-state index contributed by atoms with van der Waals surface area (Å²) < 4.78 is 16.0. The molecule has 0 spiro atoms. The fourth-order valence-electron chi connectivity index (χ4n) is 2.79. The molecule has 0 aliphatic heterocycles. The predicted molar refractivity (Wildman–Crippen MR) is 106 cm³/mol. The van der Waals surface area contributed by atoms with E-state index >= 15 is 0 Å². The summed E-state index contributed by atoms with van der Waals surface area (Å²) in [7, 11) is 1.67. The Kier molecular flexibility index (Phi) is 12.2. The van der Waals surface area contributed by atoms with Crippen LogP contribution in [0.2, 0.25) is 0 Å². The minimum Gasteiger partial charge on any atom is -0.462 e. The number of rotatable bonds is 14. The zero-order valence-electron chi connectivity index (χ0n) is 17.0. The summed E-state index contributed by atoms with van der Waals surface area (Å²) in [5.74, 6) is -0.683. The van der Waals surface area contributed by atoms with Crippen LogP contribution >= 0.6 is 0 Å². The maximum absolute atomic E-state index is 12.5. The highest BCUT2D eigenvalue weighted by molar-refractivity contribution is 6.03. The molecular formula is C22H34O5. The Morgan fingerprint density at radius 1 is 0.852 bits per heavy atom. The Balaban J connectivity index is 2.66. The molecule has 1 rings (SSSR count). The van der Waals surface area contributed by atoms with Crippen molar-refractivity contribution in [2.75, 3.05) is 26.9 Å². The van der Waals surface area contributed by atoms with E-state index in [1.165, 1.54) is 0 Å². The van der Waals surface area contributed by atoms with E-state index in [4.69, 9.17) is 14.2 Å². The van der Waals surface area contributed by atoms with Crippen LogP contribution in [-0.4, -0.2) is 38.9 Å². The summed E-state index contributed by atoms with van der Waals surface area (Å²) in [4.78, 5) is 24.8. The lowest BCUT2D eigenvalue weighted by atomic mass is 10.00. The Morgan fingerprint density at radius 2 is 1.48 bits per heavy atom. The number of ether oxygens (including phenoxy) is 3. The van der Waals surface area contributed by atoms with Crippen LogP contribution in [0.3, 0.4) is 0 Å². The molecule has 0 amide bonds. The van der Waals surface area contributed by atoms with E-state index in [0.717, 1.165) is 44.9 Å². The molecule has 0 radical (unpaired) electrons. The molecule has 1 unspecified atom stereocenters. The normalized spacial score (nSPS) is 11.8. The van der Waals surface area contributed by atoms with Crippen LogP contribution in [0, 0.1) is 5.92 Å². The van der Waals surface area contributed by atoms with Gasteiger partial charge < -0.3 is 14.2 Å². The Hall–Kier alpha value is -1.88. The number of carbonyl (C=O) groups excluding carboxylic acids is 2. The van der Waals surface area contributed by atoms with Gasteiger partial charge in [-0.1, -0.05) is 51.7 Å². The minimum absolute atomic E-state index is 0.263. The van der Waals surface area contributed by atoms with Gasteiger partial charge in [-0.3, -0.25) is 0 Å². The second kappa shape index (κ2) is 14.2. The molecule has 1 atom stereocenters. The van der Waals surface area contributed by atoms with E-state index < -0.39 is 11.9 Å². The maximum Gasteiger partial charge on any atom is 0.339 e. The molecule has 0 N–H and O–H groups in total. The first-order chi connectivity index (χ1) is 13.1. The van der Waals surface area contributed by atoms with Crippen LogP contribution in [-0.2, 0) is 14.2 Å². The quantitative estimate of drug-likeness (QED) is 0.335. The molecule has 0 aliphatic rings. The molecule has 5 heteroatoms. The van der Waals surface area contributed by atoms with Gasteiger partial charge in [-0.15, -0.1) is 0 Å². The zero-order chi connectivity index (χ0) is 19.9. The Bertz CT molecular complexity index is 547. The van der Waals surface area contributed by atoms with Crippen LogP contribution in [0.15, 0.2) is 24.3 Å². The van der Waals surface area contributed by atoms with Gasteiger partial charge in [0.05, 0.1) is 24.3 Å². The molecular weight excluding hydrogens is 344 g/mol. The van der Waals surface area contributed by atoms with Crippen molar-refractivity contribution < 1.29 is 23.8 Å². The molecule has 0 saturated heterocycles. The maximum atomic E-state index is 12.5. The number of hydrogen-bond acceptors (Lipinski definition) is 5. The third-order valence-corrected chi connectivity index (χ3v) is 4.49. The van der Waals surface area contributed by atoms with Crippen LogP contribution in [0.1, 0.15) is 79.5 Å². The standard InChI is InChI=1S/C22H34O5/c1-4-6-10-15-26-21(23)19-12-8-9-13-20(19)22(24)27-17-18(11-7-5-2)14-16-25-3/h8-9,12-13,18H,4-7,10-11,14-17H2,1-3H3. The first kappa shape index (κ1) is 23.2. The molecule has 1 aromatic rings. The van der Waals surface area contributed by atoms with E-state index in [-0.39, 0.29) is 17.0 Å². The molecule has 1 aromatic carbocycles. The van der Waals surface area contributed by atoms with Crippen LogP contribution < -0.4 is 0 Å². The second-order valence-electron chi connectivity index (χ2n) is 6.78. The molecule has 152 valence electrons. The van der Waals surface area contributed by atoms with Gasteiger partial charge in [0.2, 0.25) is 0 Å². The highest BCUT2D eigenvalue weighted by atomic mass is 16.5. The first-order valence-electron chi connectivity index (χ1n) is 10.1. The molecule has 0 heterocycles. The summed E-state index contributed by atoms with van der Waals surface area (Å²) in [5, 5.41) is 0. The highest BCUT2D eigenvalue weighted by Gasteiger charge is 2.20. The fraction of sp³-hybridized carbons (Fsp3) is 0.636. The number of carbonyl (C=O) groups is 2. The summed E-state index contributed by atoms with van der Waals surface area (Å²) in [6.07, 6.45) is 6.93. The number of esters is 2. The summed E-state index contributed by atoms with van der Waals surface area (Å²) in [5.41, 5.74) is 0.528. The SMILES string of the molecule is CCCCCOC(=O)c1ccccc1C(=O)OCC(CCCC)CCOC. The van der Waals surface area contributed by atoms with Crippen LogP contribution in [0.5, 0.6) is 0 Å². The fourth-order valence-corrected chi connectivity index (χ4v) is 2.79. The van der Waals surface area contributed by atoms with Gasteiger partial charge in [-0.25, -0.2) is 9.59 Å². The zero-order valence-corrected chi connectivity index (χ0v) is 17.0. The third kappa shape index (κ3) is 9.05. The molecule has 0 fully saturated rings. The van der Waals surface area contributed by atoms with Gasteiger partial charge in [0.15, 0.2) is 0 Å². The van der Waals surface area contributed by atoms with Crippen molar-refractivity contribution in [3.63, 3.8) is 0 Å². The van der Waals surface area contributed by atoms with E-state index in [1.807, 2.05) is 0 Å². The number of hydrogen-bond donors (Lipinski definition) is 0. The van der Waals surface area contributed by atoms with E-state index in [9.17, 15) is 9.59 Å². The van der Waals surface area contributed by atoms with E-state index in [1.54, 1.807) is 31.4 Å². The molecule has 0 saturated carbocycles. The summed E-state index contributed by atoms with van der Waals surface area (Å²) in [6.45, 7) is 5.58. The molecule has 0 bridgehead atoms. The van der Waals surface area contributed by atoms with E-state index in [0.29, 0.717) is 19.8 Å². The number of methoxy groups -OCH3 is 1. The lowest BCUT2D eigenvalue weighted by Gasteiger charge is -2.17. The van der Waals surface area contributed by atoms with Crippen molar-refractivity contribution >= 4 is 11.9 Å². The van der Waals surface area contributed by atoms with Gasteiger partial charge >= 0.3 is 11.9 Å². The molecule has 27 heavy (non-hydrogen) atoms. The topological polar surface area (TPSA) is 61.8 Å². The second-order valence-corrected chi connectivity index (χ2v) is 6.78. The van der Waals surface area contributed by atoms with E-state index in [2.05, 4.69) is 13.8 Å². The van der Waals surface area contributed by atoms with Gasteiger partial charge in [-0.05, 0) is 37.3 Å². The van der Waals surface area contributed by atoms with Gasteiger partial charge in [0.1, 0.15) is 0 Å². The molecule has 0 aliphatic carbocycles. The lowest BCUT2D eigenvalue weighted by Crippen LogP contribution is -2.19. The van der Waals surface area contributed by atoms with Crippen molar-refractivity contribution in [1.29, 1.82) is 0 Å². The summed E-state index contributed by atoms with van der Waals surface area (Å²) >= 11 is 0. The van der Waals surface area contributed by atoms with Crippen molar-refractivity contribution in [2.24, 2.45) is 5.92 Å². The largest absolute Gasteiger partial charge is 0.462 e. The summed E-state index contributed by atoms with van der Waals surface area (Å²) in [6, 6.07) is 6.67.